The fraction of sp³-hybridized carbons (Fsp3) is 0.542. The Kier molecular flexibility index (Phi) is 7.02. The number of hydrogen-bond donors (Lipinski definition) is 1. The summed E-state index contributed by atoms with van der Waals surface area (Å²) in [6, 6.07) is 10.2. The molecular formula is C24H32N4O3. The van der Waals surface area contributed by atoms with Gasteiger partial charge < -0.3 is 19.9 Å². The second-order valence-corrected chi connectivity index (χ2v) is 8.39. The maximum atomic E-state index is 13.2. The molecule has 0 unspecified atom stereocenters. The molecule has 2 aromatic rings. The van der Waals surface area contributed by atoms with E-state index in [1.54, 1.807) is 6.20 Å². The van der Waals surface area contributed by atoms with Crippen LogP contribution in [0.2, 0.25) is 0 Å². The van der Waals surface area contributed by atoms with Crippen molar-refractivity contribution in [3.05, 3.63) is 42.2 Å². The Balaban J connectivity index is 1.45. The Morgan fingerprint density at radius 2 is 1.81 bits per heavy atom. The van der Waals surface area contributed by atoms with Crippen LogP contribution in [0.1, 0.15) is 49.5 Å². The second kappa shape index (κ2) is 10.1. The fourth-order valence-electron chi connectivity index (χ4n) is 4.70. The molecule has 0 atom stereocenters. The number of nitrogens with zero attached hydrogens (tertiary/aromatic N) is 3. The first kappa shape index (κ1) is 21.6. The Morgan fingerprint density at radius 3 is 2.55 bits per heavy atom. The number of hydrogen-bond acceptors (Lipinski definition) is 4. The van der Waals surface area contributed by atoms with Crippen molar-refractivity contribution in [3.63, 3.8) is 0 Å². The fourth-order valence-corrected chi connectivity index (χ4v) is 4.70. The van der Waals surface area contributed by atoms with Gasteiger partial charge in [-0.3, -0.25) is 9.78 Å². The second-order valence-electron chi connectivity index (χ2n) is 8.39. The molecule has 7 nitrogen and oxygen atoms in total. The maximum absolute atomic E-state index is 13.2. The molecule has 2 fully saturated rings. The van der Waals surface area contributed by atoms with Crippen molar-refractivity contribution in [2.45, 2.75) is 51.1 Å². The predicted octanol–water partition coefficient (Wildman–Crippen LogP) is 3.44. The van der Waals surface area contributed by atoms with Gasteiger partial charge in [0.25, 0.3) is 5.91 Å². The molecule has 0 radical (unpaired) electrons. The van der Waals surface area contributed by atoms with Crippen LogP contribution in [0, 0.1) is 0 Å². The summed E-state index contributed by atoms with van der Waals surface area (Å²) in [5.41, 5.74) is 0.513. The molecule has 166 valence electrons. The summed E-state index contributed by atoms with van der Waals surface area (Å²) in [7, 11) is 0. The lowest BCUT2D eigenvalue weighted by atomic mass is 9.98. The zero-order valence-electron chi connectivity index (χ0n) is 18.3. The van der Waals surface area contributed by atoms with Gasteiger partial charge in [0.05, 0.1) is 0 Å². The first-order valence-corrected chi connectivity index (χ1v) is 11.5. The standard InChI is InChI=1S/C24H32N4O3/c1-2-12-26-24(30)28(20-10-16-31-17-11-20)19-8-14-27(15-9-19)23(29)22-21-6-4-3-5-18(21)7-13-25-22/h3-7,13,19-20H,2,8-12,14-17H2,1H3,(H,26,30). The predicted molar refractivity (Wildman–Crippen MR) is 120 cm³/mol. The van der Waals surface area contributed by atoms with Crippen LogP contribution in [0.5, 0.6) is 0 Å². The number of urea groups is 1. The maximum Gasteiger partial charge on any atom is 0.317 e. The number of carbonyl (C=O) groups excluding carboxylic acids is 2. The van der Waals surface area contributed by atoms with E-state index < -0.39 is 0 Å². The van der Waals surface area contributed by atoms with E-state index in [1.165, 1.54) is 0 Å². The quantitative estimate of drug-likeness (QED) is 0.798. The number of nitrogens with one attached hydrogen (secondary N) is 1. The zero-order valence-corrected chi connectivity index (χ0v) is 18.3. The number of ether oxygens (including phenoxy) is 1. The molecule has 0 bridgehead atoms. The summed E-state index contributed by atoms with van der Waals surface area (Å²) >= 11 is 0. The van der Waals surface area contributed by atoms with E-state index in [2.05, 4.69) is 22.1 Å². The van der Waals surface area contributed by atoms with Crippen LogP contribution in [0.3, 0.4) is 0 Å². The molecule has 2 saturated heterocycles. The number of pyridine rings is 1. The molecular weight excluding hydrogens is 392 g/mol. The minimum atomic E-state index is -0.0247. The van der Waals surface area contributed by atoms with Gasteiger partial charge in [0, 0.05) is 56.5 Å². The molecule has 1 aromatic carbocycles. The molecule has 2 aliphatic heterocycles. The van der Waals surface area contributed by atoms with Gasteiger partial charge >= 0.3 is 6.03 Å². The highest BCUT2D eigenvalue weighted by molar-refractivity contribution is 6.05. The monoisotopic (exact) mass is 424 g/mol. The van der Waals surface area contributed by atoms with Crippen molar-refractivity contribution >= 4 is 22.7 Å². The van der Waals surface area contributed by atoms with Gasteiger partial charge in [0.2, 0.25) is 0 Å². The average molecular weight is 425 g/mol. The number of likely N-dealkylation sites (tertiary alicyclic amines) is 1. The van der Waals surface area contributed by atoms with Crippen LogP contribution in [-0.2, 0) is 4.74 Å². The van der Waals surface area contributed by atoms with Gasteiger partial charge in [0.1, 0.15) is 5.69 Å². The first-order valence-electron chi connectivity index (χ1n) is 11.5. The lowest BCUT2D eigenvalue weighted by Crippen LogP contribution is -2.56. The van der Waals surface area contributed by atoms with Gasteiger partial charge in [-0.2, -0.15) is 0 Å². The summed E-state index contributed by atoms with van der Waals surface area (Å²) in [6.07, 6.45) is 5.93. The summed E-state index contributed by atoms with van der Waals surface area (Å²) in [5.74, 6) is -0.0247. The van der Waals surface area contributed by atoms with Crippen LogP contribution < -0.4 is 5.32 Å². The van der Waals surface area contributed by atoms with E-state index >= 15 is 0 Å². The van der Waals surface area contributed by atoms with E-state index in [9.17, 15) is 9.59 Å². The highest BCUT2D eigenvalue weighted by atomic mass is 16.5. The number of piperidine rings is 1. The van der Waals surface area contributed by atoms with Crippen molar-refractivity contribution in [2.24, 2.45) is 0 Å². The first-order chi connectivity index (χ1) is 15.2. The molecule has 4 rings (SSSR count). The molecule has 0 aliphatic carbocycles. The van der Waals surface area contributed by atoms with E-state index in [0.29, 0.717) is 38.5 Å². The number of fused-ring (bicyclic) bond motifs is 1. The number of aromatic nitrogens is 1. The highest BCUT2D eigenvalue weighted by Crippen LogP contribution is 2.26. The van der Waals surface area contributed by atoms with Crippen LogP contribution in [0.25, 0.3) is 10.8 Å². The SMILES string of the molecule is CCCNC(=O)N(C1CCOCC1)C1CCN(C(=O)c2nccc3ccccc23)CC1. The number of amides is 3. The van der Waals surface area contributed by atoms with Crippen LogP contribution in [0.15, 0.2) is 36.5 Å². The molecule has 1 aromatic heterocycles. The molecule has 0 saturated carbocycles. The van der Waals surface area contributed by atoms with Crippen LogP contribution >= 0.6 is 0 Å². The van der Waals surface area contributed by atoms with Crippen molar-refractivity contribution in [1.82, 2.24) is 20.1 Å². The number of rotatable bonds is 5. The number of carbonyl (C=O) groups is 2. The third-order valence-corrected chi connectivity index (χ3v) is 6.37. The molecule has 0 spiro atoms. The normalized spacial score (nSPS) is 18.2. The highest BCUT2D eigenvalue weighted by Gasteiger charge is 2.35. The summed E-state index contributed by atoms with van der Waals surface area (Å²) in [5, 5.41) is 4.97. The molecule has 2 aliphatic rings. The van der Waals surface area contributed by atoms with E-state index in [-0.39, 0.29) is 24.0 Å². The van der Waals surface area contributed by atoms with E-state index in [4.69, 9.17) is 4.74 Å². The van der Waals surface area contributed by atoms with Gasteiger partial charge in [-0.05, 0) is 43.6 Å². The summed E-state index contributed by atoms with van der Waals surface area (Å²) < 4.78 is 5.51. The minimum absolute atomic E-state index is 0.0225. The molecule has 1 N–H and O–H groups in total. The lowest BCUT2D eigenvalue weighted by molar-refractivity contribution is 0.0209. The van der Waals surface area contributed by atoms with Gasteiger partial charge in [-0.25, -0.2) is 4.79 Å². The van der Waals surface area contributed by atoms with Crippen molar-refractivity contribution in [3.8, 4) is 0 Å². The minimum Gasteiger partial charge on any atom is -0.381 e. The van der Waals surface area contributed by atoms with Gasteiger partial charge in [-0.1, -0.05) is 31.2 Å². The Bertz CT molecular complexity index is 899. The van der Waals surface area contributed by atoms with Gasteiger partial charge in [0.15, 0.2) is 0 Å². The van der Waals surface area contributed by atoms with Gasteiger partial charge in [-0.15, -0.1) is 0 Å². The summed E-state index contributed by atoms with van der Waals surface area (Å²) in [6.45, 7) is 5.41. The molecule has 3 amide bonds. The average Bonchev–Trinajstić information content (AvgIpc) is 2.83. The van der Waals surface area contributed by atoms with Crippen molar-refractivity contribution in [1.29, 1.82) is 0 Å². The smallest absolute Gasteiger partial charge is 0.317 e. The molecule has 31 heavy (non-hydrogen) atoms. The van der Waals surface area contributed by atoms with Crippen LogP contribution in [-0.4, -0.2) is 71.7 Å². The topological polar surface area (TPSA) is 74.8 Å². The molecule has 7 heteroatoms. The largest absolute Gasteiger partial charge is 0.381 e. The Labute approximate surface area is 183 Å². The zero-order chi connectivity index (χ0) is 21.6. The van der Waals surface area contributed by atoms with Crippen LogP contribution in [0.4, 0.5) is 4.79 Å². The number of benzene rings is 1. The Morgan fingerprint density at radius 1 is 1.10 bits per heavy atom. The van der Waals surface area contributed by atoms with E-state index in [1.807, 2.05) is 35.2 Å². The molecule has 3 heterocycles. The third-order valence-electron chi connectivity index (χ3n) is 6.37. The lowest BCUT2D eigenvalue weighted by Gasteiger charge is -2.43. The Hall–Kier alpha value is -2.67. The van der Waals surface area contributed by atoms with Crippen molar-refractivity contribution in [2.75, 3.05) is 32.8 Å². The van der Waals surface area contributed by atoms with Crippen molar-refractivity contribution < 1.29 is 14.3 Å². The summed E-state index contributed by atoms with van der Waals surface area (Å²) in [4.78, 5) is 34.5. The van der Waals surface area contributed by atoms with E-state index in [0.717, 1.165) is 42.9 Å². The third kappa shape index (κ3) is 4.82.